The third-order valence-electron chi connectivity index (χ3n) is 3.97. The van der Waals surface area contributed by atoms with Crippen LogP contribution in [0.25, 0.3) is 11.1 Å². The monoisotopic (exact) mass is 252 g/mol. The third kappa shape index (κ3) is 2.79. The Kier molecular flexibility index (Phi) is 3.51. The lowest BCUT2D eigenvalue weighted by Gasteiger charge is -2.23. The van der Waals surface area contributed by atoms with Gasteiger partial charge in [-0.1, -0.05) is 36.4 Å². The summed E-state index contributed by atoms with van der Waals surface area (Å²) in [4.78, 5) is 0. The summed E-state index contributed by atoms with van der Waals surface area (Å²) in [6, 6.07) is 17.1. The molecule has 1 heterocycles. The number of hydrogen-bond donors (Lipinski definition) is 2. The van der Waals surface area contributed by atoms with Gasteiger partial charge < -0.3 is 11.1 Å². The van der Waals surface area contributed by atoms with Gasteiger partial charge >= 0.3 is 0 Å². The molecular formula is C17H20N2. The lowest BCUT2D eigenvalue weighted by atomic mass is 9.89. The summed E-state index contributed by atoms with van der Waals surface area (Å²) in [5, 5.41) is 3.42. The number of nitrogen functional groups attached to an aromatic ring is 1. The maximum Gasteiger partial charge on any atom is 0.0314 e. The molecule has 1 aliphatic heterocycles. The Morgan fingerprint density at radius 2 is 1.32 bits per heavy atom. The summed E-state index contributed by atoms with van der Waals surface area (Å²) in [5.74, 6) is 0.724. The standard InChI is InChI=1S/C17H20N2/c18-17-7-5-15(6-8-17)13-1-3-14(4-2-13)16-9-11-19-12-10-16/h1-8,16,19H,9-12,18H2. The normalized spacial score (nSPS) is 16.4. The highest BCUT2D eigenvalue weighted by Gasteiger charge is 2.14. The molecule has 2 aromatic carbocycles. The van der Waals surface area contributed by atoms with Gasteiger partial charge in [-0.2, -0.15) is 0 Å². The SMILES string of the molecule is Nc1ccc(-c2ccc(C3CCNCC3)cc2)cc1. The molecule has 2 heteroatoms. The number of benzene rings is 2. The van der Waals surface area contributed by atoms with Crippen LogP contribution in [0.5, 0.6) is 0 Å². The molecule has 0 atom stereocenters. The third-order valence-corrected chi connectivity index (χ3v) is 3.97. The number of nitrogens with two attached hydrogens (primary N) is 1. The molecule has 3 rings (SSSR count). The van der Waals surface area contributed by atoms with Crippen molar-refractivity contribution in [2.75, 3.05) is 18.8 Å². The Hall–Kier alpha value is -1.80. The van der Waals surface area contributed by atoms with Crippen molar-refractivity contribution in [3.63, 3.8) is 0 Å². The fourth-order valence-corrected chi connectivity index (χ4v) is 2.78. The largest absolute Gasteiger partial charge is 0.399 e. The maximum absolute atomic E-state index is 5.72. The van der Waals surface area contributed by atoms with E-state index >= 15 is 0 Å². The summed E-state index contributed by atoms with van der Waals surface area (Å²) in [5.41, 5.74) is 10.5. The zero-order chi connectivity index (χ0) is 13.1. The molecule has 19 heavy (non-hydrogen) atoms. The molecule has 0 spiro atoms. The smallest absolute Gasteiger partial charge is 0.0314 e. The van der Waals surface area contributed by atoms with E-state index in [0.717, 1.165) is 24.7 Å². The fourth-order valence-electron chi connectivity index (χ4n) is 2.78. The molecule has 0 saturated carbocycles. The molecule has 0 aromatic heterocycles. The lowest BCUT2D eigenvalue weighted by molar-refractivity contribution is 0.460. The van der Waals surface area contributed by atoms with Crippen molar-refractivity contribution in [2.24, 2.45) is 0 Å². The van der Waals surface area contributed by atoms with E-state index in [-0.39, 0.29) is 0 Å². The zero-order valence-corrected chi connectivity index (χ0v) is 11.1. The molecule has 0 aliphatic carbocycles. The van der Waals surface area contributed by atoms with Gasteiger partial charge in [0.1, 0.15) is 0 Å². The van der Waals surface area contributed by atoms with Crippen LogP contribution in [0, 0.1) is 0 Å². The van der Waals surface area contributed by atoms with Crippen LogP contribution < -0.4 is 11.1 Å². The number of rotatable bonds is 2. The van der Waals surface area contributed by atoms with Crippen LogP contribution in [-0.4, -0.2) is 13.1 Å². The van der Waals surface area contributed by atoms with Crippen LogP contribution in [0.4, 0.5) is 5.69 Å². The van der Waals surface area contributed by atoms with Gasteiger partial charge in [0, 0.05) is 5.69 Å². The Morgan fingerprint density at radius 1 is 0.789 bits per heavy atom. The van der Waals surface area contributed by atoms with Gasteiger partial charge in [0.15, 0.2) is 0 Å². The Bertz CT molecular complexity index is 522. The van der Waals surface area contributed by atoms with Gasteiger partial charge in [-0.3, -0.25) is 0 Å². The lowest BCUT2D eigenvalue weighted by Crippen LogP contribution is -2.26. The summed E-state index contributed by atoms with van der Waals surface area (Å²) in [6.07, 6.45) is 2.50. The maximum atomic E-state index is 5.72. The molecule has 1 fully saturated rings. The molecule has 1 aliphatic rings. The summed E-state index contributed by atoms with van der Waals surface area (Å²) in [6.45, 7) is 2.29. The second-order valence-electron chi connectivity index (χ2n) is 5.27. The predicted octanol–water partition coefficient (Wildman–Crippen LogP) is 3.40. The Morgan fingerprint density at radius 3 is 1.89 bits per heavy atom. The van der Waals surface area contributed by atoms with E-state index in [4.69, 9.17) is 5.73 Å². The van der Waals surface area contributed by atoms with Gasteiger partial charge in [-0.25, -0.2) is 0 Å². The zero-order valence-electron chi connectivity index (χ0n) is 11.1. The van der Waals surface area contributed by atoms with Gasteiger partial charge in [0.25, 0.3) is 0 Å². The van der Waals surface area contributed by atoms with E-state index in [1.807, 2.05) is 12.1 Å². The minimum atomic E-state index is 0.724. The highest BCUT2D eigenvalue weighted by Crippen LogP contribution is 2.28. The van der Waals surface area contributed by atoms with Crippen molar-refractivity contribution >= 4 is 5.69 Å². The van der Waals surface area contributed by atoms with Crippen molar-refractivity contribution in [3.05, 3.63) is 54.1 Å². The fraction of sp³-hybridized carbons (Fsp3) is 0.294. The molecule has 98 valence electrons. The van der Waals surface area contributed by atoms with Crippen LogP contribution in [0.1, 0.15) is 24.3 Å². The first-order valence-corrected chi connectivity index (χ1v) is 6.99. The Labute approximate surface area is 114 Å². The second-order valence-corrected chi connectivity index (χ2v) is 5.27. The predicted molar refractivity (Wildman–Crippen MR) is 81.1 cm³/mol. The van der Waals surface area contributed by atoms with Crippen LogP contribution in [0.15, 0.2) is 48.5 Å². The molecule has 0 unspecified atom stereocenters. The number of anilines is 1. The summed E-state index contributed by atoms with van der Waals surface area (Å²) in [7, 11) is 0. The quantitative estimate of drug-likeness (QED) is 0.804. The van der Waals surface area contributed by atoms with E-state index in [1.54, 1.807) is 0 Å². The summed E-state index contributed by atoms with van der Waals surface area (Å²) >= 11 is 0. The van der Waals surface area contributed by atoms with E-state index in [9.17, 15) is 0 Å². The van der Waals surface area contributed by atoms with Crippen molar-refractivity contribution in [1.82, 2.24) is 5.32 Å². The highest BCUT2D eigenvalue weighted by atomic mass is 14.9. The van der Waals surface area contributed by atoms with E-state index in [1.165, 1.54) is 29.5 Å². The van der Waals surface area contributed by atoms with Crippen molar-refractivity contribution < 1.29 is 0 Å². The topological polar surface area (TPSA) is 38.0 Å². The highest BCUT2D eigenvalue weighted by molar-refractivity contribution is 5.65. The molecule has 0 bridgehead atoms. The van der Waals surface area contributed by atoms with Crippen molar-refractivity contribution in [3.8, 4) is 11.1 Å². The number of nitrogens with one attached hydrogen (secondary N) is 1. The van der Waals surface area contributed by atoms with Crippen LogP contribution in [0.3, 0.4) is 0 Å². The van der Waals surface area contributed by atoms with Gasteiger partial charge in [-0.05, 0) is 60.7 Å². The average Bonchev–Trinajstić information content (AvgIpc) is 2.49. The van der Waals surface area contributed by atoms with Crippen LogP contribution in [-0.2, 0) is 0 Å². The molecule has 0 radical (unpaired) electrons. The molecule has 0 amide bonds. The first-order valence-electron chi connectivity index (χ1n) is 6.99. The second kappa shape index (κ2) is 5.45. The Balaban J connectivity index is 1.80. The average molecular weight is 252 g/mol. The first-order chi connectivity index (χ1) is 9.33. The number of hydrogen-bond acceptors (Lipinski definition) is 2. The number of piperidine rings is 1. The minimum absolute atomic E-state index is 0.724. The van der Waals surface area contributed by atoms with Gasteiger partial charge in [-0.15, -0.1) is 0 Å². The molecular weight excluding hydrogens is 232 g/mol. The molecule has 1 saturated heterocycles. The molecule has 2 aromatic rings. The van der Waals surface area contributed by atoms with E-state index < -0.39 is 0 Å². The van der Waals surface area contributed by atoms with E-state index in [2.05, 4.69) is 41.7 Å². The van der Waals surface area contributed by atoms with Crippen LogP contribution >= 0.6 is 0 Å². The van der Waals surface area contributed by atoms with Gasteiger partial charge in [0.05, 0.1) is 0 Å². The van der Waals surface area contributed by atoms with Gasteiger partial charge in [0.2, 0.25) is 0 Å². The van der Waals surface area contributed by atoms with Crippen molar-refractivity contribution in [2.45, 2.75) is 18.8 Å². The minimum Gasteiger partial charge on any atom is -0.399 e. The van der Waals surface area contributed by atoms with Crippen LogP contribution in [0.2, 0.25) is 0 Å². The molecule has 2 nitrogen and oxygen atoms in total. The van der Waals surface area contributed by atoms with Crippen molar-refractivity contribution in [1.29, 1.82) is 0 Å². The summed E-state index contributed by atoms with van der Waals surface area (Å²) < 4.78 is 0. The van der Waals surface area contributed by atoms with E-state index in [0.29, 0.717) is 0 Å². The first kappa shape index (κ1) is 12.2. The molecule has 3 N–H and O–H groups in total.